The summed E-state index contributed by atoms with van der Waals surface area (Å²) in [5.74, 6) is -24.0. The second kappa shape index (κ2) is 7.22. The Kier molecular flexibility index (Phi) is 6.85. The number of carboxylic acid groups (broad SMARTS) is 1. The molecule has 0 aromatic heterocycles. The van der Waals surface area contributed by atoms with Crippen molar-refractivity contribution in [3.05, 3.63) is 0 Å². The summed E-state index contributed by atoms with van der Waals surface area (Å²) in [5, 5.41) is 7.94. The van der Waals surface area contributed by atoms with E-state index >= 15 is 0 Å². The zero-order valence-corrected chi connectivity index (χ0v) is 13.6. The molecule has 0 saturated heterocycles. The average Bonchev–Trinajstić information content (AvgIpc) is 2.32. The van der Waals surface area contributed by atoms with Gasteiger partial charge in [-0.15, -0.1) is 0 Å². The van der Waals surface area contributed by atoms with Gasteiger partial charge in [0.05, 0.1) is 6.42 Å². The van der Waals surface area contributed by atoms with E-state index in [-0.39, 0.29) is 13.8 Å². The van der Waals surface area contributed by atoms with Crippen molar-refractivity contribution in [2.45, 2.75) is 69.1 Å². The second-order valence-electron chi connectivity index (χ2n) is 5.68. The minimum Gasteiger partial charge on any atom is -0.477 e. The molecule has 0 bridgehead atoms. The van der Waals surface area contributed by atoms with Crippen molar-refractivity contribution in [1.29, 1.82) is 0 Å². The Morgan fingerprint density at radius 2 is 1.33 bits per heavy atom. The van der Waals surface area contributed by atoms with Gasteiger partial charge in [-0.25, -0.2) is 26.7 Å². The van der Waals surface area contributed by atoms with Crippen LogP contribution in [0.25, 0.3) is 0 Å². The molecule has 162 valence electrons. The molecular weight excluding hydrogens is 417 g/mol. The van der Waals surface area contributed by atoms with Gasteiger partial charge in [0.25, 0.3) is 11.8 Å². The van der Waals surface area contributed by atoms with Crippen LogP contribution in [-0.4, -0.2) is 53.0 Å². The molecule has 0 amide bonds. The van der Waals surface area contributed by atoms with Crippen LogP contribution in [0.5, 0.6) is 0 Å². The molecular formula is C12H13F11O4. The van der Waals surface area contributed by atoms with Crippen molar-refractivity contribution < 1.29 is 67.7 Å². The fourth-order valence-corrected chi connectivity index (χ4v) is 1.47. The van der Waals surface area contributed by atoms with E-state index < -0.39 is 61.3 Å². The van der Waals surface area contributed by atoms with E-state index in [0.29, 0.717) is 0 Å². The maximum atomic E-state index is 14.0. The maximum Gasteiger partial charge on any atom is 0.431 e. The highest BCUT2D eigenvalue weighted by Gasteiger charge is 2.68. The summed E-state index contributed by atoms with van der Waals surface area (Å²) >= 11 is 0. The summed E-state index contributed by atoms with van der Waals surface area (Å²) in [4.78, 5) is 10.0. The average molecular weight is 430 g/mol. The van der Waals surface area contributed by atoms with Crippen LogP contribution in [-0.2, 0) is 14.3 Å². The Labute approximate surface area is 144 Å². The summed E-state index contributed by atoms with van der Waals surface area (Å²) in [5.41, 5.74) is 0. The molecule has 0 saturated carbocycles. The van der Waals surface area contributed by atoms with Crippen LogP contribution in [0.4, 0.5) is 48.3 Å². The van der Waals surface area contributed by atoms with E-state index in [9.17, 15) is 53.1 Å². The van der Waals surface area contributed by atoms with Crippen molar-refractivity contribution in [1.82, 2.24) is 0 Å². The number of hydrogen-bond donors (Lipinski definition) is 1. The van der Waals surface area contributed by atoms with Gasteiger partial charge in [0.1, 0.15) is 0 Å². The van der Waals surface area contributed by atoms with Crippen molar-refractivity contribution in [3.8, 4) is 0 Å². The monoisotopic (exact) mass is 430 g/mol. The zero-order valence-electron chi connectivity index (χ0n) is 13.6. The highest BCUT2D eigenvalue weighted by atomic mass is 19.3. The van der Waals surface area contributed by atoms with E-state index in [0.717, 1.165) is 0 Å². The van der Waals surface area contributed by atoms with E-state index in [1.54, 1.807) is 0 Å². The molecule has 0 aromatic rings. The molecule has 2 unspecified atom stereocenters. The highest BCUT2D eigenvalue weighted by molar-refractivity contribution is 5.76. The topological polar surface area (TPSA) is 55.8 Å². The summed E-state index contributed by atoms with van der Waals surface area (Å²) in [6, 6.07) is 0. The minimum absolute atomic E-state index is 0.143. The number of rotatable bonds is 10. The summed E-state index contributed by atoms with van der Waals surface area (Å²) in [6.45, 7) is -0.770. The van der Waals surface area contributed by atoms with Gasteiger partial charge in [0.15, 0.2) is 6.10 Å². The van der Waals surface area contributed by atoms with Crippen molar-refractivity contribution >= 4 is 5.97 Å². The van der Waals surface area contributed by atoms with E-state index in [2.05, 4.69) is 9.47 Å². The number of halogens is 11. The van der Waals surface area contributed by atoms with Crippen LogP contribution in [0, 0.1) is 0 Å². The lowest BCUT2D eigenvalue weighted by Crippen LogP contribution is -2.57. The lowest BCUT2D eigenvalue weighted by atomic mass is 10.0. The molecule has 1 N–H and O–H groups in total. The first-order valence-corrected chi connectivity index (χ1v) is 6.68. The number of hydrogen-bond acceptors (Lipinski definition) is 3. The first-order valence-electron chi connectivity index (χ1n) is 6.68. The Balaban J connectivity index is 5.69. The summed E-state index contributed by atoms with van der Waals surface area (Å²) in [7, 11) is 0. The molecule has 0 heterocycles. The van der Waals surface area contributed by atoms with Gasteiger partial charge in [0, 0.05) is 6.92 Å². The molecule has 15 heteroatoms. The van der Waals surface area contributed by atoms with Gasteiger partial charge >= 0.3 is 30.0 Å². The summed E-state index contributed by atoms with van der Waals surface area (Å²) in [6.07, 6.45) is -18.0. The molecule has 0 aliphatic carbocycles. The smallest absolute Gasteiger partial charge is 0.431 e. The van der Waals surface area contributed by atoms with Crippen LogP contribution in [0.1, 0.15) is 27.2 Å². The highest BCUT2D eigenvalue weighted by Crippen LogP contribution is 2.46. The SMILES string of the molecule is CC(OC(F)(F)C(F)(F)C(=O)O)C(F)(F)OC(F)(CC(C)(F)F)C(C)(F)F. The molecule has 0 aliphatic heterocycles. The third-order valence-electron chi connectivity index (χ3n) is 2.92. The van der Waals surface area contributed by atoms with E-state index in [1.165, 1.54) is 0 Å². The summed E-state index contributed by atoms with van der Waals surface area (Å²) < 4.78 is 151. The molecule has 0 rings (SSSR count). The Bertz CT molecular complexity index is 540. The fourth-order valence-electron chi connectivity index (χ4n) is 1.47. The molecule has 0 aliphatic rings. The second-order valence-corrected chi connectivity index (χ2v) is 5.68. The normalized spacial score (nSPS) is 18.1. The third-order valence-corrected chi connectivity index (χ3v) is 2.92. The van der Waals surface area contributed by atoms with Gasteiger partial charge in [-0.3, -0.25) is 4.74 Å². The molecule has 4 nitrogen and oxygen atoms in total. The van der Waals surface area contributed by atoms with Gasteiger partial charge in [-0.2, -0.15) is 26.3 Å². The van der Waals surface area contributed by atoms with Gasteiger partial charge in [-0.1, -0.05) is 0 Å². The minimum atomic E-state index is -6.12. The molecule has 0 radical (unpaired) electrons. The van der Waals surface area contributed by atoms with Gasteiger partial charge in [0.2, 0.25) is 0 Å². The predicted molar refractivity (Wildman–Crippen MR) is 63.8 cm³/mol. The van der Waals surface area contributed by atoms with Gasteiger partial charge in [-0.05, 0) is 13.8 Å². The predicted octanol–water partition coefficient (Wildman–Crippen LogP) is 4.68. The largest absolute Gasteiger partial charge is 0.477 e. The van der Waals surface area contributed by atoms with Crippen molar-refractivity contribution in [2.75, 3.05) is 0 Å². The third kappa shape index (κ3) is 6.05. The van der Waals surface area contributed by atoms with Crippen LogP contribution >= 0.6 is 0 Å². The maximum absolute atomic E-state index is 14.0. The first-order chi connectivity index (χ1) is 11.5. The lowest BCUT2D eigenvalue weighted by Gasteiger charge is -2.37. The fraction of sp³-hybridized carbons (Fsp3) is 0.917. The van der Waals surface area contributed by atoms with Crippen molar-refractivity contribution in [3.63, 3.8) is 0 Å². The molecule has 2 atom stereocenters. The number of carbonyl (C=O) groups is 1. The first kappa shape index (κ1) is 25.6. The van der Waals surface area contributed by atoms with E-state index in [1.807, 2.05) is 0 Å². The van der Waals surface area contributed by atoms with Crippen molar-refractivity contribution in [2.24, 2.45) is 0 Å². The lowest BCUT2D eigenvalue weighted by molar-refractivity contribution is -0.440. The zero-order chi connectivity index (χ0) is 22.3. The Hall–Kier alpha value is -1.38. The standard InChI is InChI=1S/C12H13F11O4/c1-5(26-12(22,23)10(18,19)6(24)25)11(20,21)27-9(17,8(3,15)16)4-7(2,13)14/h5H,4H2,1-3H3,(H,24,25). The molecule has 0 aromatic carbocycles. The molecule has 0 fully saturated rings. The van der Waals surface area contributed by atoms with E-state index in [4.69, 9.17) is 5.11 Å². The van der Waals surface area contributed by atoms with Crippen LogP contribution < -0.4 is 0 Å². The molecule has 27 heavy (non-hydrogen) atoms. The van der Waals surface area contributed by atoms with Crippen LogP contribution in [0.15, 0.2) is 0 Å². The number of carboxylic acids is 1. The number of aliphatic carboxylic acids is 1. The van der Waals surface area contributed by atoms with Gasteiger partial charge < -0.3 is 9.84 Å². The Morgan fingerprint density at radius 3 is 1.63 bits per heavy atom. The molecule has 0 spiro atoms. The number of ether oxygens (including phenoxy) is 2. The number of alkyl halides is 11. The van der Waals surface area contributed by atoms with Crippen LogP contribution in [0.2, 0.25) is 0 Å². The Morgan fingerprint density at radius 1 is 0.926 bits per heavy atom. The quantitative estimate of drug-likeness (QED) is 0.512. The van der Waals surface area contributed by atoms with Crippen LogP contribution in [0.3, 0.4) is 0 Å².